The Bertz CT molecular complexity index is 3050. The first-order chi connectivity index (χ1) is 28.7. The molecule has 0 aliphatic heterocycles. The molecule has 10 aromatic rings. The average Bonchev–Trinajstić information content (AvgIpc) is 3.31. The highest BCUT2D eigenvalue weighted by molar-refractivity contribution is 6.09. The van der Waals surface area contributed by atoms with Crippen LogP contribution in [-0.4, -0.2) is 19.9 Å². The van der Waals surface area contributed by atoms with Crippen molar-refractivity contribution in [1.29, 1.82) is 0 Å². The van der Waals surface area contributed by atoms with Gasteiger partial charge in [-0.05, 0) is 64.1 Å². The molecule has 4 heteroatoms. The molecule has 3 aromatic heterocycles. The molecule has 4 nitrogen and oxygen atoms in total. The third kappa shape index (κ3) is 6.82. The standard InChI is InChI=1S/C54H38N4/c1-2-46-31-29-42-30-32-47-48(39-15-8-4-9-16-39)34-49(56-53(47)52(42)55-46)45-20-12-19-44(33-45)38-23-27-41(28-24-38)51-35-50(57-54(58-51)43-17-10-5-11-18-43)40-25-21-37(22-26-40)36-13-6-3-7-14-36/h3-35H,2H2,1H3. The maximum absolute atomic E-state index is 5.33. The van der Waals surface area contributed by atoms with E-state index in [-0.39, 0.29) is 0 Å². The number of rotatable bonds is 8. The van der Waals surface area contributed by atoms with E-state index in [0.29, 0.717) is 5.82 Å². The molecule has 0 bridgehead atoms. The monoisotopic (exact) mass is 742 g/mol. The highest BCUT2D eigenvalue weighted by Crippen LogP contribution is 2.37. The Kier molecular flexibility index (Phi) is 9.13. The average molecular weight is 743 g/mol. The van der Waals surface area contributed by atoms with Crippen molar-refractivity contribution in [3.8, 4) is 78.5 Å². The van der Waals surface area contributed by atoms with E-state index >= 15 is 0 Å². The van der Waals surface area contributed by atoms with Crippen LogP contribution in [0.2, 0.25) is 0 Å². The molecule has 0 aliphatic carbocycles. The van der Waals surface area contributed by atoms with Gasteiger partial charge in [0, 0.05) is 38.7 Å². The van der Waals surface area contributed by atoms with Gasteiger partial charge in [0.05, 0.1) is 28.1 Å². The van der Waals surface area contributed by atoms with Crippen molar-refractivity contribution in [2.45, 2.75) is 13.3 Å². The van der Waals surface area contributed by atoms with Gasteiger partial charge in [0.1, 0.15) is 0 Å². The van der Waals surface area contributed by atoms with Crippen LogP contribution in [0.15, 0.2) is 200 Å². The largest absolute Gasteiger partial charge is 0.251 e. The Morgan fingerprint density at radius 1 is 0.328 bits per heavy atom. The van der Waals surface area contributed by atoms with Gasteiger partial charge in [-0.3, -0.25) is 4.98 Å². The summed E-state index contributed by atoms with van der Waals surface area (Å²) in [6.45, 7) is 2.14. The summed E-state index contributed by atoms with van der Waals surface area (Å²) in [6.07, 6.45) is 0.869. The summed E-state index contributed by atoms with van der Waals surface area (Å²) in [5, 5.41) is 2.19. The van der Waals surface area contributed by atoms with Crippen molar-refractivity contribution >= 4 is 21.8 Å². The zero-order chi connectivity index (χ0) is 38.8. The number of benzene rings is 7. The van der Waals surface area contributed by atoms with E-state index in [9.17, 15) is 0 Å². The first-order valence-corrected chi connectivity index (χ1v) is 19.8. The number of aryl methyl sites for hydroxylation is 1. The van der Waals surface area contributed by atoms with Crippen LogP contribution in [0, 0.1) is 0 Å². The van der Waals surface area contributed by atoms with Crippen LogP contribution in [0.5, 0.6) is 0 Å². The van der Waals surface area contributed by atoms with Gasteiger partial charge in [-0.25, -0.2) is 15.0 Å². The minimum Gasteiger partial charge on any atom is -0.251 e. The topological polar surface area (TPSA) is 51.6 Å². The van der Waals surface area contributed by atoms with Crippen molar-refractivity contribution in [3.63, 3.8) is 0 Å². The fourth-order valence-corrected chi connectivity index (χ4v) is 7.73. The molecular formula is C54H38N4. The summed E-state index contributed by atoms with van der Waals surface area (Å²) < 4.78 is 0. The second-order valence-corrected chi connectivity index (χ2v) is 14.5. The van der Waals surface area contributed by atoms with Gasteiger partial charge in [0.25, 0.3) is 0 Å². The highest BCUT2D eigenvalue weighted by atomic mass is 14.9. The minimum atomic E-state index is 0.698. The highest BCUT2D eigenvalue weighted by Gasteiger charge is 2.15. The van der Waals surface area contributed by atoms with Crippen molar-refractivity contribution in [3.05, 3.63) is 206 Å². The number of hydrogen-bond acceptors (Lipinski definition) is 4. The molecule has 0 fully saturated rings. The predicted molar refractivity (Wildman–Crippen MR) is 240 cm³/mol. The van der Waals surface area contributed by atoms with Crippen LogP contribution < -0.4 is 0 Å². The molecular weight excluding hydrogens is 705 g/mol. The lowest BCUT2D eigenvalue weighted by Gasteiger charge is -2.13. The summed E-state index contributed by atoms with van der Waals surface area (Å²) in [7, 11) is 0. The zero-order valence-corrected chi connectivity index (χ0v) is 32.0. The van der Waals surface area contributed by atoms with Crippen LogP contribution in [0.3, 0.4) is 0 Å². The Morgan fingerprint density at radius 3 is 1.47 bits per heavy atom. The fraction of sp³-hybridized carbons (Fsp3) is 0.0370. The van der Waals surface area contributed by atoms with Crippen molar-refractivity contribution in [2.75, 3.05) is 0 Å². The second-order valence-electron chi connectivity index (χ2n) is 14.5. The molecule has 0 saturated carbocycles. The summed E-state index contributed by atoms with van der Waals surface area (Å²) in [5.41, 5.74) is 16.6. The van der Waals surface area contributed by atoms with E-state index in [1.165, 1.54) is 11.1 Å². The SMILES string of the molecule is CCc1ccc2ccc3c(-c4ccccc4)cc(-c4cccc(-c5ccc(-c6cc(-c7ccc(-c8ccccc8)cc7)nc(-c7ccccc7)n6)cc5)c4)nc3c2n1. The lowest BCUT2D eigenvalue weighted by atomic mass is 9.95. The minimum absolute atomic E-state index is 0.698. The molecule has 0 spiro atoms. The summed E-state index contributed by atoms with van der Waals surface area (Å²) in [4.78, 5) is 20.6. The zero-order valence-electron chi connectivity index (χ0n) is 32.0. The quantitative estimate of drug-likeness (QED) is 0.145. The third-order valence-corrected chi connectivity index (χ3v) is 10.9. The second kappa shape index (κ2) is 15.2. The smallest absolute Gasteiger partial charge is 0.160 e. The van der Waals surface area contributed by atoms with E-state index in [4.69, 9.17) is 19.9 Å². The van der Waals surface area contributed by atoms with Crippen LogP contribution in [0.4, 0.5) is 0 Å². The molecule has 0 unspecified atom stereocenters. The van der Waals surface area contributed by atoms with Gasteiger partial charge in [0.15, 0.2) is 5.82 Å². The molecule has 3 heterocycles. The van der Waals surface area contributed by atoms with Crippen LogP contribution in [-0.2, 0) is 6.42 Å². The Hall–Kier alpha value is -7.56. The first-order valence-electron chi connectivity index (χ1n) is 19.8. The lowest BCUT2D eigenvalue weighted by molar-refractivity contribution is 1.06. The summed E-state index contributed by atoms with van der Waals surface area (Å²) in [5.74, 6) is 0.698. The number of pyridine rings is 2. The Labute approximate surface area is 338 Å². The first kappa shape index (κ1) is 34.9. The van der Waals surface area contributed by atoms with Crippen molar-refractivity contribution in [1.82, 2.24) is 19.9 Å². The molecule has 0 atom stereocenters. The molecule has 7 aromatic carbocycles. The number of fused-ring (bicyclic) bond motifs is 3. The number of aromatic nitrogens is 4. The normalized spacial score (nSPS) is 11.3. The van der Waals surface area contributed by atoms with Crippen LogP contribution in [0.1, 0.15) is 12.6 Å². The van der Waals surface area contributed by atoms with Crippen molar-refractivity contribution < 1.29 is 0 Å². The number of nitrogens with zero attached hydrogens (tertiary/aromatic N) is 4. The lowest BCUT2D eigenvalue weighted by Crippen LogP contribution is -1.96. The Balaban J connectivity index is 1.02. The van der Waals surface area contributed by atoms with Gasteiger partial charge < -0.3 is 0 Å². The van der Waals surface area contributed by atoms with Gasteiger partial charge in [-0.2, -0.15) is 0 Å². The molecule has 0 amide bonds. The van der Waals surface area contributed by atoms with Gasteiger partial charge in [-0.1, -0.05) is 183 Å². The van der Waals surface area contributed by atoms with E-state index in [1.54, 1.807) is 0 Å². The van der Waals surface area contributed by atoms with E-state index in [0.717, 1.165) is 95.5 Å². The van der Waals surface area contributed by atoms with E-state index < -0.39 is 0 Å². The molecule has 0 saturated heterocycles. The van der Waals surface area contributed by atoms with Gasteiger partial charge in [0.2, 0.25) is 0 Å². The van der Waals surface area contributed by atoms with Crippen LogP contribution >= 0.6 is 0 Å². The maximum Gasteiger partial charge on any atom is 0.160 e. The summed E-state index contributed by atoms with van der Waals surface area (Å²) in [6, 6.07) is 70.1. The Morgan fingerprint density at radius 2 is 0.828 bits per heavy atom. The van der Waals surface area contributed by atoms with E-state index in [1.807, 2.05) is 24.3 Å². The third-order valence-electron chi connectivity index (χ3n) is 10.9. The van der Waals surface area contributed by atoms with Gasteiger partial charge in [-0.15, -0.1) is 0 Å². The fourth-order valence-electron chi connectivity index (χ4n) is 7.73. The van der Waals surface area contributed by atoms with Crippen LogP contribution in [0.25, 0.3) is 100 Å². The molecule has 0 aliphatic rings. The number of hydrogen-bond donors (Lipinski definition) is 0. The summed E-state index contributed by atoms with van der Waals surface area (Å²) >= 11 is 0. The molecule has 0 N–H and O–H groups in total. The molecule has 0 radical (unpaired) electrons. The molecule has 10 rings (SSSR count). The maximum atomic E-state index is 5.33. The van der Waals surface area contributed by atoms with Crippen molar-refractivity contribution in [2.24, 2.45) is 0 Å². The van der Waals surface area contributed by atoms with E-state index in [2.05, 4.69) is 183 Å². The van der Waals surface area contributed by atoms with Gasteiger partial charge >= 0.3 is 0 Å². The molecule has 274 valence electrons. The predicted octanol–water partition coefficient (Wildman–Crippen LogP) is 13.8. The molecule has 58 heavy (non-hydrogen) atoms.